The lowest BCUT2D eigenvalue weighted by Crippen LogP contribution is -2.45. The van der Waals surface area contributed by atoms with Crippen LogP contribution in [0.3, 0.4) is 0 Å². The average Bonchev–Trinajstić information content (AvgIpc) is 3.72. The van der Waals surface area contributed by atoms with E-state index >= 15 is 0 Å². The standard InChI is InChI=1S/C10H12BNO3.C7H8BNO2.C4H6O6.4C2H2O4/c1-2-10(13)12-8-4-3-7-6-15-11(14)9(7)5-8;9-6-2-1-5-4-11-8(10)7(5)3-6;1-4(10-9,2(5)6)3(7)8;4*3-1(4)2(5)6/h3-5,14H,2,6H2,1H3,(H,12,13);1-3,10H,4,9H2;9H,1H3,(H,5,6)(H,7,8);4*(H,3,4)(H,5,6). The highest BCUT2D eigenvalue weighted by atomic mass is 17.1. The summed E-state index contributed by atoms with van der Waals surface area (Å²) >= 11 is 0. The molecular formula is C29H34B2N2O27. The van der Waals surface area contributed by atoms with Crippen molar-refractivity contribution < 1.29 is 133 Å². The fourth-order valence-electron chi connectivity index (χ4n) is 2.94. The maximum atomic E-state index is 11.2. The Morgan fingerprint density at radius 2 is 0.933 bits per heavy atom. The summed E-state index contributed by atoms with van der Waals surface area (Å²) in [7, 11) is -1.65. The molecule has 4 rings (SSSR count). The number of rotatable bonds is 5. The molecule has 2 aromatic rings. The van der Waals surface area contributed by atoms with Crippen LogP contribution in [0.2, 0.25) is 0 Å². The monoisotopic (exact) mass is 864 g/mol. The number of hydrogen-bond acceptors (Lipinski definition) is 18. The molecule has 2 aromatic carbocycles. The molecule has 31 heteroatoms. The van der Waals surface area contributed by atoms with Crippen LogP contribution in [0.25, 0.3) is 0 Å². The van der Waals surface area contributed by atoms with E-state index in [0.29, 0.717) is 31.0 Å². The van der Waals surface area contributed by atoms with Crippen LogP contribution >= 0.6 is 0 Å². The van der Waals surface area contributed by atoms with Crippen LogP contribution in [-0.2, 0) is 80.1 Å². The Labute approximate surface area is 333 Å². The van der Waals surface area contributed by atoms with Gasteiger partial charge in [0.05, 0.1) is 13.2 Å². The van der Waals surface area contributed by atoms with Crippen LogP contribution in [0.4, 0.5) is 11.4 Å². The van der Waals surface area contributed by atoms with E-state index < -0.39 is 79.5 Å². The number of carbonyl (C=O) groups excluding carboxylic acids is 1. The van der Waals surface area contributed by atoms with Gasteiger partial charge in [-0.1, -0.05) is 19.1 Å². The largest absolute Gasteiger partial charge is 0.491 e. The number of amides is 1. The Kier molecular flexibility index (Phi) is 26.3. The van der Waals surface area contributed by atoms with Gasteiger partial charge in [-0.2, -0.15) is 0 Å². The molecule has 2 aliphatic rings. The van der Waals surface area contributed by atoms with Gasteiger partial charge in [0.1, 0.15) is 0 Å². The van der Waals surface area contributed by atoms with E-state index in [9.17, 15) is 24.4 Å². The minimum absolute atomic E-state index is 0.0386. The number of nitrogen functional groups attached to an aromatic ring is 1. The molecule has 0 atom stereocenters. The Bertz CT molecular complexity index is 1740. The quantitative estimate of drug-likeness (QED) is 0.0338. The molecular weight excluding hydrogens is 830 g/mol. The Balaban J connectivity index is -0.000000656. The number of anilines is 2. The SMILES string of the molecule is CC(OO)(C(=O)O)C(=O)O.CCC(=O)Nc1ccc2c(c1)B(O)OC2.Nc1ccc2c(c1)B(O)OC2.O=C(O)C(=O)O.O=C(O)C(=O)O.O=C(O)C(=O)O.O=C(O)C(=O)O. The first-order valence-electron chi connectivity index (χ1n) is 15.0. The molecule has 2 aliphatic heterocycles. The van der Waals surface area contributed by atoms with Crippen LogP contribution in [0, 0.1) is 0 Å². The number of carbonyl (C=O) groups is 11. The van der Waals surface area contributed by atoms with Crippen molar-refractivity contribution in [2.45, 2.75) is 39.1 Å². The van der Waals surface area contributed by atoms with Gasteiger partial charge in [-0.25, -0.2) is 52.8 Å². The number of nitrogens with one attached hydrogen (secondary N) is 1. The molecule has 2 heterocycles. The summed E-state index contributed by atoms with van der Waals surface area (Å²) in [6.45, 7) is 3.42. The number of nitrogens with two attached hydrogens (primary N) is 1. The zero-order chi connectivity index (χ0) is 47.7. The first-order valence-corrected chi connectivity index (χ1v) is 15.0. The number of carboxylic acid groups (broad SMARTS) is 10. The van der Waals surface area contributed by atoms with Crippen LogP contribution in [-0.4, -0.2) is 152 Å². The van der Waals surface area contributed by atoms with E-state index in [0.717, 1.165) is 29.0 Å². The molecule has 29 nitrogen and oxygen atoms in total. The Morgan fingerprint density at radius 3 is 1.20 bits per heavy atom. The molecule has 0 bridgehead atoms. The predicted molar refractivity (Wildman–Crippen MR) is 189 cm³/mol. The highest BCUT2D eigenvalue weighted by molar-refractivity contribution is 6.62. The fraction of sp³-hybridized carbons (Fsp3) is 0.207. The van der Waals surface area contributed by atoms with Crippen molar-refractivity contribution >= 4 is 102 Å². The molecule has 0 unspecified atom stereocenters. The highest BCUT2D eigenvalue weighted by Gasteiger charge is 2.44. The van der Waals surface area contributed by atoms with Gasteiger partial charge in [0.2, 0.25) is 5.91 Å². The molecule has 328 valence electrons. The molecule has 0 fully saturated rings. The minimum atomic E-state index is -2.57. The highest BCUT2D eigenvalue weighted by Crippen LogP contribution is 2.15. The molecule has 0 radical (unpaired) electrons. The second-order valence-corrected chi connectivity index (χ2v) is 10.3. The smallest absolute Gasteiger partial charge is 0.479 e. The van der Waals surface area contributed by atoms with Crippen molar-refractivity contribution in [3.05, 3.63) is 47.5 Å². The Morgan fingerprint density at radius 1 is 0.617 bits per heavy atom. The zero-order valence-corrected chi connectivity index (χ0v) is 30.3. The molecule has 0 aromatic heterocycles. The second kappa shape index (κ2) is 27.8. The zero-order valence-electron chi connectivity index (χ0n) is 30.3. The lowest BCUT2D eigenvalue weighted by Gasteiger charge is -2.13. The number of hydrogen-bond donors (Lipinski definition) is 15. The Hall–Kier alpha value is -7.70. The number of carboxylic acids is 10. The van der Waals surface area contributed by atoms with Crippen LogP contribution in [0.15, 0.2) is 36.4 Å². The molecule has 0 saturated carbocycles. The van der Waals surface area contributed by atoms with E-state index in [-0.39, 0.29) is 5.91 Å². The summed E-state index contributed by atoms with van der Waals surface area (Å²) in [4.78, 5) is 107. The lowest BCUT2D eigenvalue weighted by molar-refractivity contribution is -0.306. The third-order valence-electron chi connectivity index (χ3n) is 5.98. The summed E-state index contributed by atoms with van der Waals surface area (Å²) in [5.41, 5.74) is 7.84. The molecule has 16 N–H and O–H groups in total. The third-order valence-corrected chi connectivity index (χ3v) is 5.98. The minimum Gasteiger partial charge on any atom is -0.479 e. The van der Waals surface area contributed by atoms with Crippen molar-refractivity contribution in [1.82, 2.24) is 0 Å². The van der Waals surface area contributed by atoms with Gasteiger partial charge in [0.25, 0.3) is 5.60 Å². The molecule has 0 spiro atoms. The van der Waals surface area contributed by atoms with E-state index in [1.807, 2.05) is 18.2 Å². The first-order chi connectivity index (χ1) is 27.5. The summed E-state index contributed by atoms with van der Waals surface area (Å²) in [6.07, 6.45) is 0.441. The summed E-state index contributed by atoms with van der Waals surface area (Å²) < 4.78 is 10.0. The van der Waals surface area contributed by atoms with Gasteiger partial charge < -0.3 is 81.5 Å². The van der Waals surface area contributed by atoms with E-state index in [1.165, 1.54) is 0 Å². The van der Waals surface area contributed by atoms with E-state index in [1.54, 1.807) is 25.1 Å². The van der Waals surface area contributed by atoms with Crippen molar-refractivity contribution in [1.29, 1.82) is 0 Å². The number of benzene rings is 2. The second-order valence-electron chi connectivity index (χ2n) is 10.3. The van der Waals surface area contributed by atoms with Crippen LogP contribution in [0.5, 0.6) is 0 Å². The van der Waals surface area contributed by atoms with Crippen molar-refractivity contribution in [2.75, 3.05) is 11.1 Å². The third kappa shape index (κ3) is 22.8. The number of aliphatic carboxylic acids is 10. The number of fused-ring (bicyclic) bond motifs is 2. The molecule has 1 amide bonds. The van der Waals surface area contributed by atoms with E-state index in [4.69, 9.17) is 110 Å². The summed E-state index contributed by atoms with van der Waals surface area (Å²) in [5, 5.41) is 105. The van der Waals surface area contributed by atoms with Gasteiger partial charge in [-0.05, 0) is 53.2 Å². The van der Waals surface area contributed by atoms with Crippen LogP contribution < -0.4 is 22.0 Å². The van der Waals surface area contributed by atoms with E-state index in [2.05, 4.69) is 10.2 Å². The first kappa shape index (κ1) is 56.6. The van der Waals surface area contributed by atoms with Gasteiger partial charge in [-0.15, -0.1) is 0 Å². The topological polar surface area (TPSA) is 516 Å². The van der Waals surface area contributed by atoms with Gasteiger partial charge in [0.15, 0.2) is 0 Å². The van der Waals surface area contributed by atoms with Crippen molar-refractivity contribution in [3.8, 4) is 0 Å². The normalized spacial score (nSPS) is 11.0. The summed E-state index contributed by atoms with van der Waals surface area (Å²) in [6, 6.07) is 10.8. The van der Waals surface area contributed by atoms with Crippen molar-refractivity contribution in [2.24, 2.45) is 0 Å². The van der Waals surface area contributed by atoms with Gasteiger partial charge in [-0.3, -0.25) is 10.1 Å². The van der Waals surface area contributed by atoms with Crippen LogP contribution in [0.1, 0.15) is 31.4 Å². The van der Waals surface area contributed by atoms with Gasteiger partial charge in [0, 0.05) is 17.8 Å². The van der Waals surface area contributed by atoms with Gasteiger partial charge >= 0.3 is 73.9 Å². The fourth-order valence-corrected chi connectivity index (χ4v) is 2.94. The maximum absolute atomic E-state index is 11.2. The average molecular weight is 864 g/mol. The molecule has 60 heavy (non-hydrogen) atoms. The van der Waals surface area contributed by atoms with Crippen molar-refractivity contribution in [3.63, 3.8) is 0 Å². The summed E-state index contributed by atoms with van der Waals surface area (Å²) in [5.74, 6) is -18.2. The maximum Gasteiger partial charge on any atom is 0.491 e. The molecule has 0 saturated heterocycles. The molecule has 0 aliphatic carbocycles. The lowest BCUT2D eigenvalue weighted by atomic mass is 9.79. The predicted octanol–water partition coefficient (Wildman–Crippen LogP) is -4.23.